The number of hydrogen-bond donors (Lipinski definition) is 3. The van der Waals surface area contributed by atoms with Gasteiger partial charge >= 0.3 is 6.03 Å². The van der Waals surface area contributed by atoms with Crippen LogP contribution in [0.2, 0.25) is 0 Å². The fraction of sp³-hybridized carbons (Fsp3) is 0.462. The van der Waals surface area contributed by atoms with Gasteiger partial charge in [-0.1, -0.05) is 6.92 Å². The first-order valence-electron chi connectivity index (χ1n) is 6.16. The maximum atomic E-state index is 11.1. The quantitative estimate of drug-likeness (QED) is 0.666. The fourth-order valence-corrected chi connectivity index (χ4v) is 2.05. The first-order chi connectivity index (χ1) is 8.76. The fourth-order valence-electron chi connectivity index (χ4n) is 1.42. The molecule has 4 nitrogen and oxygen atoms in total. The lowest BCUT2D eigenvalue weighted by atomic mass is 10.2. The van der Waals surface area contributed by atoms with Gasteiger partial charge < -0.3 is 16.0 Å². The molecule has 1 aromatic carbocycles. The molecule has 0 fully saturated rings. The Morgan fingerprint density at radius 2 is 1.89 bits per heavy atom. The van der Waals surface area contributed by atoms with Gasteiger partial charge in [-0.2, -0.15) is 11.8 Å². The minimum Gasteiger partial charge on any atom is -0.385 e. The number of urea groups is 1. The molecule has 0 atom stereocenters. The molecule has 0 saturated heterocycles. The highest BCUT2D eigenvalue weighted by Crippen LogP contribution is 2.13. The van der Waals surface area contributed by atoms with Gasteiger partial charge in [-0.25, -0.2) is 4.79 Å². The molecule has 3 N–H and O–H groups in total. The molecule has 0 saturated carbocycles. The molecule has 1 aromatic rings. The number of amides is 2. The van der Waals surface area contributed by atoms with Crippen molar-refractivity contribution in [3.8, 4) is 0 Å². The van der Waals surface area contributed by atoms with Crippen LogP contribution in [0.1, 0.15) is 13.3 Å². The molecule has 0 aliphatic heterocycles. The highest BCUT2D eigenvalue weighted by atomic mass is 32.2. The van der Waals surface area contributed by atoms with Gasteiger partial charge in [0.25, 0.3) is 0 Å². The Morgan fingerprint density at radius 3 is 2.50 bits per heavy atom. The standard InChI is InChI=1S/C13H21N3OS/c1-3-18-10-4-9-15-11-5-7-12(8-6-11)16-13(17)14-2/h5-8,15H,3-4,9-10H2,1-2H3,(H2,14,16,17). The summed E-state index contributed by atoms with van der Waals surface area (Å²) in [5.74, 6) is 2.37. The van der Waals surface area contributed by atoms with Crippen LogP contribution >= 0.6 is 11.8 Å². The van der Waals surface area contributed by atoms with Crippen molar-refractivity contribution in [2.45, 2.75) is 13.3 Å². The van der Waals surface area contributed by atoms with Gasteiger partial charge in [0.15, 0.2) is 0 Å². The van der Waals surface area contributed by atoms with Crippen LogP contribution in [0, 0.1) is 0 Å². The first-order valence-corrected chi connectivity index (χ1v) is 7.32. The van der Waals surface area contributed by atoms with E-state index in [0.717, 1.165) is 24.3 Å². The van der Waals surface area contributed by atoms with Crippen LogP contribution in [0.4, 0.5) is 16.2 Å². The molecular weight excluding hydrogens is 246 g/mol. The van der Waals surface area contributed by atoms with E-state index in [2.05, 4.69) is 22.9 Å². The third-order valence-corrected chi connectivity index (χ3v) is 3.35. The van der Waals surface area contributed by atoms with Crippen molar-refractivity contribution in [3.63, 3.8) is 0 Å². The Morgan fingerprint density at radius 1 is 1.22 bits per heavy atom. The van der Waals surface area contributed by atoms with Crippen LogP contribution in [0.3, 0.4) is 0 Å². The second kappa shape index (κ2) is 8.69. The van der Waals surface area contributed by atoms with Crippen LogP contribution in [0.5, 0.6) is 0 Å². The summed E-state index contributed by atoms with van der Waals surface area (Å²) in [4.78, 5) is 11.1. The number of carbonyl (C=O) groups excluding carboxylic acids is 1. The number of anilines is 2. The normalized spacial score (nSPS) is 9.89. The third kappa shape index (κ3) is 5.82. The smallest absolute Gasteiger partial charge is 0.318 e. The number of thioether (sulfide) groups is 1. The summed E-state index contributed by atoms with van der Waals surface area (Å²) in [5, 5.41) is 8.59. The molecule has 0 aromatic heterocycles. The van der Waals surface area contributed by atoms with E-state index in [9.17, 15) is 4.79 Å². The van der Waals surface area contributed by atoms with Crippen LogP contribution < -0.4 is 16.0 Å². The number of benzene rings is 1. The number of rotatable bonds is 7. The summed E-state index contributed by atoms with van der Waals surface area (Å²) in [5.41, 5.74) is 1.88. The van der Waals surface area contributed by atoms with Gasteiger partial charge in [0.2, 0.25) is 0 Å². The molecule has 5 heteroatoms. The van der Waals surface area contributed by atoms with E-state index < -0.39 is 0 Å². The highest BCUT2D eigenvalue weighted by Gasteiger charge is 1.98. The Hall–Kier alpha value is -1.36. The second-order valence-corrected chi connectivity index (χ2v) is 5.15. The zero-order valence-electron chi connectivity index (χ0n) is 11.0. The van der Waals surface area contributed by atoms with E-state index >= 15 is 0 Å². The lowest BCUT2D eigenvalue weighted by molar-refractivity contribution is 0.254. The summed E-state index contributed by atoms with van der Waals surface area (Å²) < 4.78 is 0. The molecule has 18 heavy (non-hydrogen) atoms. The number of nitrogens with one attached hydrogen (secondary N) is 3. The average molecular weight is 267 g/mol. The molecular formula is C13H21N3OS. The lowest BCUT2D eigenvalue weighted by Gasteiger charge is -2.08. The molecule has 0 aliphatic carbocycles. The van der Waals surface area contributed by atoms with Gasteiger partial charge in [-0.3, -0.25) is 0 Å². The van der Waals surface area contributed by atoms with Crippen LogP contribution in [-0.2, 0) is 0 Å². The summed E-state index contributed by atoms with van der Waals surface area (Å²) in [6.45, 7) is 3.16. The van der Waals surface area contributed by atoms with Crippen molar-refractivity contribution in [1.82, 2.24) is 5.32 Å². The van der Waals surface area contributed by atoms with Crippen LogP contribution in [0.25, 0.3) is 0 Å². The lowest BCUT2D eigenvalue weighted by Crippen LogP contribution is -2.24. The van der Waals surface area contributed by atoms with Crippen molar-refractivity contribution in [2.75, 3.05) is 35.7 Å². The monoisotopic (exact) mass is 267 g/mol. The molecule has 1 rings (SSSR count). The summed E-state index contributed by atoms with van der Waals surface area (Å²) in [6, 6.07) is 7.51. The van der Waals surface area contributed by atoms with Crippen molar-refractivity contribution in [2.24, 2.45) is 0 Å². The maximum absolute atomic E-state index is 11.1. The summed E-state index contributed by atoms with van der Waals surface area (Å²) >= 11 is 1.96. The number of carbonyl (C=O) groups is 1. The van der Waals surface area contributed by atoms with E-state index in [1.807, 2.05) is 36.0 Å². The predicted octanol–water partition coefficient (Wildman–Crippen LogP) is 2.99. The van der Waals surface area contributed by atoms with Crippen molar-refractivity contribution >= 4 is 29.2 Å². The minimum atomic E-state index is -0.202. The van der Waals surface area contributed by atoms with E-state index in [4.69, 9.17) is 0 Å². The van der Waals surface area contributed by atoms with E-state index in [0.29, 0.717) is 0 Å². The Labute approximate surface area is 113 Å². The van der Waals surface area contributed by atoms with Crippen molar-refractivity contribution < 1.29 is 4.79 Å². The largest absolute Gasteiger partial charge is 0.385 e. The van der Waals surface area contributed by atoms with Crippen LogP contribution in [0.15, 0.2) is 24.3 Å². The first kappa shape index (κ1) is 14.7. The Balaban J connectivity index is 2.29. The van der Waals surface area contributed by atoms with E-state index in [1.165, 1.54) is 11.5 Å². The third-order valence-electron chi connectivity index (χ3n) is 2.37. The average Bonchev–Trinajstić information content (AvgIpc) is 2.40. The highest BCUT2D eigenvalue weighted by molar-refractivity contribution is 7.99. The summed E-state index contributed by atoms with van der Waals surface area (Å²) in [6.07, 6.45) is 1.16. The van der Waals surface area contributed by atoms with Crippen molar-refractivity contribution in [1.29, 1.82) is 0 Å². The van der Waals surface area contributed by atoms with Crippen LogP contribution in [-0.4, -0.2) is 31.1 Å². The predicted molar refractivity (Wildman–Crippen MR) is 80.6 cm³/mol. The number of hydrogen-bond acceptors (Lipinski definition) is 3. The van der Waals surface area contributed by atoms with Gasteiger partial charge in [-0.15, -0.1) is 0 Å². The van der Waals surface area contributed by atoms with E-state index in [1.54, 1.807) is 7.05 Å². The molecule has 0 bridgehead atoms. The van der Waals surface area contributed by atoms with Gasteiger partial charge in [0.1, 0.15) is 0 Å². The maximum Gasteiger partial charge on any atom is 0.318 e. The SMILES string of the molecule is CCSCCCNc1ccc(NC(=O)NC)cc1. The zero-order chi connectivity index (χ0) is 13.2. The molecule has 100 valence electrons. The molecule has 0 spiro atoms. The molecule has 0 unspecified atom stereocenters. The van der Waals surface area contributed by atoms with Gasteiger partial charge in [0, 0.05) is 25.0 Å². The molecule has 2 amide bonds. The summed E-state index contributed by atoms with van der Waals surface area (Å²) in [7, 11) is 1.60. The van der Waals surface area contributed by atoms with Gasteiger partial charge in [-0.05, 0) is 42.2 Å². The van der Waals surface area contributed by atoms with E-state index in [-0.39, 0.29) is 6.03 Å². The molecule has 0 heterocycles. The second-order valence-electron chi connectivity index (χ2n) is 3.76. The molecule has 0 aliphatic rings. The zero-order valence-corrected chi connectivity index (χ0v) is 11.8. The minimum absolute atomic E-state index is 0.202. The van der Waals surface area contributed by atoms with Crippen molar-refractivity contribution in [3.05, 3.63) is 24.3 Å². The Bertz CT molecular complexity index is 354. The Kier molecular flexibility index (Phi) is 7.10. The molecule has 0 radical (unpaired) electrons. The topological polar surface area (TPSA) is 53.2 Å². The van der Waals surface area contributed by atoms with Gasteiger partial charge in [0.05, 0.1) is 0 Å².